The maximum atomic E-state index is 12.7. The summed E-state index contributed by atoms with van der Waals surface area (Å²) in [6, 6.07) is 2.81. The van der Waals surface area contributed by atoms with Crippen molar-refractivity contribution in [3.05, 3.63) is 44.7 Å². The molecule has 0 aliphatic carbocycles. The van der Waals surface area contributed by atoms with Gasteiger partial charge >= 0.3 is 6.18 Å². The van der Waals surface area contributed by atoms with Gasteiger partial charge in [0.05, 0.1) is 22.0 Å². The fourth-order valence-electron chi connectivity index (χ4n) is 2.92. The van der Waals surface area contributed by atoms with Gasteiger partial charge < -0.3 is 10.6 Å². The highest BCUT2D eigenvalue weighted by Crippen LogP contribution is 2.35. The van der Waals surface area contributed by atoms with Gasteiger partial charge in [0.2, 0.25) is 5.95 Å². The molecule has 0 spiro atoms. The zero-order valence-electron chi connectivity index (χ0n) is 14.4. The molecule has 144 valence electrons. The maximum Gasteiger partial charge on any atom is 0.416 e. The number of nitrogen functional groups attached to an aromatic ring is 1. The Morgan fingerprint density at radius 3 is 2.56 bits per heavy atom. The molecule has 2 heterocycles. The van der Waals surface area contributed by atoms with Crippen molar-refractivity contribution in [2.45, 2.75) is 25.9 Å². The third-order valence-electron chi connectivity index (χ3n) is 4.27. The molecular formula is C17H17ClF3N5O. The Bertz CT molecular complexity index is 949. The molecule has 1 aliphatic rings. The standard InChI is InChI=1S/C17H17ClF3N5O/c1-9(23-12-5-4-10(8-11(12)18)17(19,20)21)13-14(22)24-16(25-15(13)27)26-6-2-3-7-26/h4-5,8H,2-3,6-7H2,1H3,(H3,22,24,25,27). The van der Waals surface area contributed by atoms with Crippen LogP contribution >= 0.6 is 11.6 Å². The summed E-state index contributed by atoms with van der Waals surface area (Å²) in [6.45, 7) is 3.10. The number of nitrogens with zero attached hydrogens (tertiary/aromatic N) is 3. The topological polar surface area (TPSA) is 87.4 Å². The number of aromatic nitrogens is 2. The lowest BCUT2D eigenvalue weighted by molar-refractivity contribution is -0.137. The number of alkyl halides is 3. The molecule has 0 radical (unpaired) electrons. The molecule has 0 atom stereocenters. The lowest BCUT2D eigenvalue weighted by Gasteiger charge is -2.16. The van der Waals surface area contributed by atoms with Crippen LogP contribution in [0.15, 0.2) is 28.0 Å². The molecule has 1 aliphatic heterocycles. The predicted molar refractivity (Wildman–Crippen MR) is 99.0 cm³/mol. The van der Waals surface area contributed by atoms with E-state index < -0.39 is 17.3 Å². The summed E-state index contributed by atoms with van der Waals surface area (Å²) in [5.41, 5.74) is 4.97. The molecule has 10 heteroatoms. The molecule has 1 saturated heterocycles. The van der Waals surface area contributed by atoms with Crippen LogP contribution in [-0.4, -0.2) is 28.8 Å². The van der Waals surface area contributed by atoms with Crippen LogP contribution in [-0.2, 0) is 6.18 Å². The zero-order valence-corrected chi connectivity index (χ0v) is 15.2. The van der Waals surface area contributed by atoms with E-state index >= 15 is 0 Å². The van der Waals surface area contributed by atoms with Crippen LogP contribution in [0.4, 0.5) is 30.6 Å². The smallest absolute Gasteiger partial charge is 0.383 e. The van der Waals surface area contributed by atoms with Crippen molar-refractivity contribution >= 4 is 34.8 Å². The largest absolute Gasteiger partial charge is 0.416 e. The van der Waals surface area contributed by atoms with Crippen LogP contribution in [0.5, 0.6) is 0 Å². The third-order valence-corrected chi connectivity index (χ3v) is 4.57. The average Bonchev–Trinajstić information content (AvgIpc) is 3.09. The molecule has 1 aromatic heterocycles. The molecule has 3 rings (SSSR count). The summed E-state index contributed by atoms with van der Waals surface area (Å²) in [4.78, 5) is 25.5. The minimum atomic E-state index is -4.50. The Kier molecular flexibility index (Phi) is 5.14. The Hall–Kier alpha value is -2.55. The fourth-order valence-corrected chi connectivity index (χ4v) is 3.14. The Morgan fingerprint density at radius 1 is 1.33 bits per heavy atom. The summed E-state index contributed by atoms with van der Waals surface area (Å²) >= 11 is 5.91. The van der Waals surface area contributed by atoms with Crippen LogP contribution < -0.4 is 16.2 Å². The van der Waals surface area contributed by atoms with Gasteiger partial charge in [0, 0.05) is 13.1 Å². The summed E-state index contributed by atoms with van der Waals surface area (Å²) in [7, 11) is 0. The third kappa shape index (κ3) is 4.08. The van der Waals surface area contributed by atoms with Gasteiger partial charge in [-0.05, 0) is 38.0 Å². The minimum Gasteiger partial charge on any atom is -0.383 e. The van der Waals surface area contributed by atoms with Gasteiger partial charge in [-0.1, -0.05) is 11.6 Å². The fraction of sp³-hybridized carbons (Fsp3) is 0.353. The summed E-state index contributed by atoms with van der Waals surface area (Å²) in [6.07, 6.45) is -2.48. The molecule has 0 unspecified atom stereocenters. The summed E-state index contributed by atoms with van der Waals surface area (Å²) in [5.74, 6) is 0.407. The second-order valence-corrected chi connectivity index (χ2v) is 6.61. The molecule has 0 bridgehead atoms. The van der Waals surface area contributed by atoms with Gasteiger partial charge in [-0.2, -0.15) is 18.2 Å². The molecular weight excluding hydrogens is 383 g/mol. The normalized spacial score (nSPS) is 15.4. The molecule has 6 nitrogen and oxygen atoms in total. The number of hydrogen-bond acceptors (Lipinski definition) is 5. The van der Waals surface area contributed by atoms with Gasteiger partial charge in [0.1, 0.15) is 11.4 Å². The Labute approximate surface area is 157 Å². The van der Waals surface area contributed by atoms with Crippen LogP contribution in [0, 0.1) is 0 Å². The summed E-state index contributed by atoms with van der Waals surface area (Å²) in [5, 5.41) is -0.180. The molecule has 0 saturated carbocycles. The second kappa shape index (κ2) is 7.22. The van der Waals surface area contributed by atoms with E-state index in [9.17, 15) is 18.0 Å². The van der Waals surface area contributed by atoms with E-state index in [0.29, 0.717) is 5.95 Å². The lowest BCUT2D eigenvalue weighted by atomic mass is 10.1. The quantitative estimate of drug-likeness (QED) is 0.769. The summed E-state index contributed by atoms with van der Waals surface area (Å²) < 4.78 is 38.2. The number of H-pyrrole nitrogens is 1. The van der Waals surface area contributed by atoms with E-state index in [2.05, 4.69) is 15.0 Å². The number of aliphatic imine (C=N–C) groups is 1. The Balaban J connectivity index is 1.96. The SMILES string of the molecule is CC(=Nc1ccc(C(F)(F)F)cc1Cl)c1c(N)nc(N2CCCC2)[nH]c1=O. The number of halogens is 4. The first-order valence-corrected chi connectivity index (χ1v) is 8.62. The highest BCUT2D eigenvalue weighted by atomic mass is 35.5. The number of rotatable bonds is 3. The van der Waals surface area contributed by atoms with Crippen LogP contribution in [0.3, 0.4) is 0 Å². The number of nitrogens with two attached hydrogens (primary N) is 1. The molecule has 1 fully saturated rings. The first-order valence-electron chi connectivity index (χ1n) is 8.24. The first-order chi connectivity index (χ1) is 12.7. The first kappa shape index (κ1) is 19.2. The number of nitrogens with one attached hydrogen (secondary N) is 1. The van der Waals surface area contributed by atoms with Crippen LogP contribution in [0.25, 0.3) is 0 Å². The van der Waals surface area contributed by atoms with Crippen molar-refractivity contribution in [2.24, 2.45) is 4.99 Å². The van der Waals surface area contributed by atoms with Crippen molar-refractivity contribution in [1.82, 2.24) is 9.97 Å². The van der Waals surface area contributed by atoms with Gasteiger partial charge in [-0.25, -0.2) is 0 Å². The van der Waals surface area contributed by atoms with Crippen LogP contribution in [0.1, 0.15) is 30.9 Å². The lowest BCUT2D eigenvalue weighted by Crippen LogP contribution is -2.28. The van der Waals surface area contributed by atoms with E-state index in [1.54, 1.807) is 0 Å². The number of anilines is 2. The number of hydrogen-bond donors (Lipinski definition) is 2. The second-order valence-electron chi connectivity index (χ2n) is 6.21. The van der Waals surface area contributed by atoms with Crippen molar-refractivity contribution in [1.29, 1.82) is 0 Å². The van der Waals surface area contributed by atoms with Crippen LogP contribution in [0.2, 0.25) is 5.02 Å². The van der Waals surface area contributed by atoms with E-state index in [1.807, 2.05) is 4.90 Å². The van der Waals surface area contributed by atoms with Gasteiger partial charge in [-0.3, -0.25) is 14.8 Å². The molecule has 0 amide bonds. The number of benzene rings is 1. The highest BCUT2D eigenvalue weighted by molar-refractivity contribution is 6.33. The van der Waals surface area contributed by atoms with E-state index in [1.165, 1.54) is 6.92 Å². The van der Waals surface area contributed by atoms with Crippen molar-refractivity contribution in [3.63, 3.8) is 0 Å². The monoisotopic (exact) mass is 399 g/mol. The highest BCUT2D eigenvalue weighted by Gasteiger charge is 2.31. The van der Waals surface area contributed by atoms with Crippen molar-refractivity contribution < 1.29 is 13.2 Å². The molecule has 3 N–H and O–H groups in total. The minimum absolute atomic E-state index is 0.00457. The zero-order chi connectivity index (χ0) is 19.8. The van der Waals surface area contributed by atoms with Crippen molar-refractivity contribution in [3.8, 4) is 0 Å². The van der Waals surface area contributed by atoms with Gasteiger partial charge in [0.25, 0.3) is 5.56 Å². The Morgan fingerprint density at radius 2 is 2.00 bits per heavy atom. The molecule has 27 heavy (non-hydrogen) atoms. The van der Waals surface area contributed by atoms with E-state index in [-0.39, 0.29) is 27.8 Å². The number of aromatic amines is 1. The predicted octanol–water partition coefficient (Wildman–Crippen LogP) is 3.77. The molecule has 1 aromatic carbocycles. The molecule has 2 aromatic rings. The van der Waals surface area contributed by atoms with Gasteiger partial charge in [0.15, 0.2) is 0 Å². The average molecular weight is 400 g/mol. The van der Waals surface area contributed by atoms with E-state index in [4.69, 9.17) is 17.3 Å². The van der Waals surface area contributed by atoms with Crippen molar-refractivity contribution in [2.75, 3.05) is 23.7 Å². The maximum absolute atomic E-state index is 12.7. The van der Waals surface area contributed by atoms with Gasteiger partial charge in [-0.15, -0.1) is 0 Å². The van der Waals surface area contributed by atoms with E-state index in [0.717, 1.165) is 44.1 Å².